The minimum absolute atomic E-state index is 0. The first-order valence-electron chi connectivity index (χ1n) is 4.41. The summed E-state index contributed by atoms with van der Waals surface area (Å²) >= 11 is 3.37. The van der Waals surface area contributed by atoms with Crippen molar-refractivity contribution >= 4 is 28.3 Å². The monoisotopic (exact) mass is 291 g/mol. The van der Waals surface area contributed by atoms with Crippen LogP contribution < -0.4 is 5.73 Å². The zero-order chi connectivity index (χ0) is 10.7. The Morgan fingerprint density at radius 1 is 1.60 bits per heavy atom. The second-order valence-corrected chi connectivity index (χ2v) is 4.21. The van der Waals surface area contributed by atoms with Crippen LogP contribution in [0, 0.1) is 6.92 Å². The zero-order valence-corrected chi connectivity index (χ0v) is 10.9. The number of halogens is 2. The lowest BCUT2D eigenvalue weighted by Crippen LogP contribution is -2.09. The predicted molar refractivity (Wildman–Crippen MR) is 69.5 cm³/mol. The summed E-state index contributed by atoms with van der Waals surface area (Å²) < 4.78 is 0.933. The van der Waals surface area contributed by atoms with Crippen LogP contribution in [0.5, 0.6) is 5.75 Å². The summed E-state index contributed by atoms with van der Waals surface area (Å²) in [6.07, 6.45) is 2.41. The summed E-state index contributed by atoms with van der Waals surface area (Å²) in [7, 11) is 0. The fourth-order valence-electron chi connectivity index (χ4n) is 1.35. The van der Waals surface area contributed by atoms with Gasteiger partial charge in [0.05, 0.1) is 0 Å². The van der Waals surface area contributed by atoms with E-state index >= 15 is 0 Å². The highest BCUT2D eigenvalue weighted by molar-refractivity contribution is 9.10. The molecule has 1 atom stereocenters. The van der Waals surface area contributed by atoms with Gasteiger partial charge in [0.2, 0.25) is 0 Å². The molecule has 0 fully saturated rings. The van der Waals surface area contributed by atoms with Crippen LogP contribution in [0.25, 0.3) is 0 Å². The van der Waals surface area contributed by atoms with Crippen LogP contribution in [0.3, 0.4) is 0 Å². The fraction of sp³-hybridized carbons (Fsp3) is 0.273. The highest BCUT2D eigenvalue weighted by Crippen LogP contribution is 2.31. The Morgan fingerprint density at radius 2 is 2.20 bits per heavy atom. The van der Waals surface area contributed by atoms with Crippen LogP contribution >= 0.6 is 28.3 Å². The van der Waals surface area contributed by atoms with Gasteiger partial charge in [-0.15, -0.1) is 19.0 Å². The van der Waals surface area contributed by atoms with Crippen LogP contribution in [-0.4, -0.2) is 5.11 Å². The first-order valence-corrected chi connectivity index (χ1v) is 5.21. The minimum atomic E-state index is -0.191. The number of hydrogen-bond donors (Lipinski definition) is 2. The van der Waals surface area contributed by atoms with Gasteiger partial charge in [0.25, 0.3) is 0 Å². The summed E-state index contributed by atoms with van der Waals surface area (Å²) in [6, 6.07) is 3.51. The third kappa shape index (κ3) is 3.52. The van der Waals surface area contributed by atoms with E-state index in [-0.39, 0.29) is 24.2 Å². The van der Waals surface area contributed by atoms with Crippen molar-refractivity contribution in [2.75, 3.05) is 0 Å². The molecule has 0 amide bonds. The van der Waals surface area contributed by atoms with E-state index in [0.29, 0.717) is 6.42 Å². The lowest BCUT2D eigenvalue weighted by molar-refractivity contribution is 0.457. The van der Waals surface area contributed by atoms with Crippen LogP contribution in [-0.2, 0) is 0 Å². The first-order chi connectivity index (χ1) is 6.56. The van der Waals surface area contributed by atoms with Gasteiger partial charge in [0.15, 0.2) is 0 Å². The average Bonchev–Trinajstić information content (AvgIpc) is 2.11. The van der Waals surface area contributed by atoms with Crippen molar-refractivity contribution in [3.8, 4) is 5.75 Å². The number of aromatic hydroxyl groups is 1. The molecule has 0 saturated carbocycles. The number of aryl methyl sites for hydroxylation is 1. The SMILES string of the molecule is C=CC[C@H](N)c1cc(Br)cc(C)c1O.Cl. The van der Waals surface area contributed by atoms with Gasteiger partial charge in [-0.05, 0) is 31.0 Å². The van der Waals surface area contributed by atoms with E-state index in [1.54, 1.807) is 6.08 Å². The largest absolute Gasteiger partial charge is 0.507 e. The Hall–Kier alpha value is -0.510. The second kappa shape index (κ2) is 6.16. The van der Waals surface area contributed by atoms with Crippen molar-refractivity contribution in [1.29, 1.82) is 0 Å². The van der Waals surface area contributed by atoms with E-state index in [2.05, 4.69) is 22.5 Å². The van der Waals surface area contributed by atoms with Crippen LogP contribution in [0.2, 0.25) is 0 Å². The normalized spacial score (nSPS) is 11.7. The molecule has 0 spiro atoms. The number of nitrogens with two attached hydrogens (primary N) is 1. The molecule has 0 aliphatic rings. The van der Waals surface area contributed by atoms with Crippen molar-refractivity contribution in [3.63, 3.8) is 0 Å². The molecule has 0 aliphatic carbocycles. The predicted octanol–water partition coefficient (Wildman–Crippen LogP) is 3.46. The summed E-state index contributed by atoms with van der Waals surface area (Å²) in [4.78, 5) is 0. The van der Waals surface area contributed by atoms with Gasteiger partial charge in [-0.25, -0.2) is 0 Å². The van der Waals surface area contributed by atoms with E-state index in [1.807, 2.05) is 19.1 Å². The van der Waals surface area contributed by atoms with Crippen molar-refractivity contribution in [1.82, 2.24) is 0 Å². The van der Waals surface area contributed by atoms with E-state index < -0.39 is 0 Å². The maximum atomic E-state index is 9.78. The average molecular weight is 293 g/mol. The lowest BCUT2D eigenvalue weighted by Gasteiger charge is -2.13. The van der Waals surface area contributed by atoms with Crippen LogP contribution in [0.4, 0.5) is 0 Å². The number of benzene rings is 1. The maximum Gasteiger partial charge on any atom is 0.123 e. The Kier molecular flexibility index (Phi) is 5.95. The Labute approximate surface area is 105 Å². The highest BCUT2D eigenvalue weighted by atomic mass is 79.9. The number of phenols is 1. The van der Waals surface area contributed by atoms with Crippen molar-refractivity contribution in [3.05, 3.63) is 40.4 Å². The lowest BCUT2D eigenvalue weighted by atomic mass is 10.0. The third-order valence-corrected chi connectivity index (χ3v) is 2.57. The van der Waals surface area contributed by atoms with Gasteiger partial charge in [-0.1, -0.05) is 22.0 Å². The molecule has 0 radical (unpaired) electrons. The van der Waals surface area contributed by atoms with E-state index in [9.17, 15) is 5.11 Å². The number of hydrogen-bond acceptors (Lipinski definition) is 2. The van der Waals surface area contributed by atoms with Gasteiger partial charge in [-0.2, -0.15) is 0 Å². The summed E-state index contributed by atoms with van der Waals surface area (Å²) in [6.45, 7) is 5.48. The maximum absolute atomic E-state index is 9.78. The molecule has 0 aromatic heterocycles. The molecule has 2 nitrogen and oxygen atoms in total. The topological polar surface area (TPSA) is 46.2 Å². The van der Waals surface area contributed by atoms with E-state index in [1.165, 1.54) is 0 Å². The molecule has 1 aromatic rings. The molecule has 0 aliphatic heterocycles. The molecule has 0 saturated heterocycles. The first kappa shape index (κ1) is 14.5. The molecule has 84 valence electrons. The molecule has 0 heterocycles. The molecule has 0 bridgehead atoms. The Bertz CT molecular complexity index is 355. The molecule has 4 heteroatoms. The quantitative estimate of drug-likeness (QED) is 0.838. The van der Waals surface area contributed by atoms with Crippen molar-refractivity contribution in [2.45, 2.75) is 19.4 Å². The molecular weight excluding hydrogens is 277 g/mol. The van der Waals surface area contributed by atoms with E-state index in [0.717, 1.165) is 15.6 Å². The summed E-state index contributed by atoms with van der Waals surface area (Å²) in [5.74, 6) is 0.280. The Balaban J connectivity index is 0.00000196. The second-order valence-electron chi connectivity index (χ2n) is 3.29. The van der Waals surface area contributed by atoms with Gasteiger partial charge in [0.1, 0.15) is 5.75 Å². The van der Waals surface area contributed by atoms with Crippen molar-refractivity contribution < 1.29 is 5.11 Å². The molecule has 15 heavy (non-hydrogen) atoms. The smallest absolute Gasteiger partial charge is 0.123 e. The number of phenolic OH excluding ortho intramolecular Hbond substituents is 1. The fourth-order valence-corrected chi connectivity index (χ4v) is 1.94. The third-order valence-electron chi connectivity index (χ3n) is 2.11. The number of rotatable bonds is 3. The van der Waals surface area contributed by atoms with E-state index in [4.69, 9.17) is 5.73 Å². The summed E-state index contributed by atoms with van der Waals surface area (Å²) in [5.41, 5.74) is 7.48. The molecular formula is C11H15BrClNO. The highest BCUT2D eigenvalue weighted by Gasteiger charge is 2.12. The molecule has 1 rings (SSSR count). The molecule has 3 N–H and O–H groups in total. The summed E-state index contributed by atoms with van der Waals surface area (Å²) in [5, 5.41) is 9.78. The molecule has 0 unspecified atom stereocenters. The standard InChI is InChI=1S/C11H14BrNO.ClH/c1-3-4-10(13)9-6-8(12)5-7(2)11(9)14;/h3,5-6,10,14H,1,4,13H2,2H3;1H/t10-;/m0./s1. The van der Waals surface area contributed by atoms with Crippen LogP contribution in [0.15, 0.2) is 29.3 Å². The van der Waals surface area contributed by atoms with Crippen molar-refractivity contribution in [2.24, 2.45) is 5.73 Å². The van der Waals surface area contributed by atoms with Gasteiger partial charge >= 0.3 is 0 Å². The van der Waals surface area contributed by atoms with Gasteiger partial charge in [-0.3, -0.25) is 0 Å². The zero-order valence-electron chi connectivity index (χ0n) is 8.53. The van der Waals surface area contributed by atoms with Gasteiger partial charge < -0.3 is 10.8 Å². The Morgan fingerprint density at radius 3 is 2.73 bits per heavy atom. The minimum Gasteiger partial charge on any atom is -0.507 e. The van der Waals surface area contributed by atoms with Crippen LogP contribution in [0.1, 0.15) is 23.6 Å². The molecule has 1 aromatic carbocycles. The van der Waals surface area contributed by atoms with Gasteiger partial charge in [0, 0.05) is 16.1 Å².